The van der Waals surface area contributed by atoms with Crippen molar-refractivity contribution in [2.45, 2.75) is 57.5 Å². The van der Waals surface area contributed by atoms with Gasteiger partial charge >= 0.3 is 0 Å². The van der Waals surface area contributed by atoms with Crippen molar-refractivity contribution in [1.29, 1.82) is 0 Å². The minimum atomic E-state index is -0.703. The summed E-state index contributed by atoms with van der Waals surface area (Å²) < 4.78 is 35.0. The maximum absolute atomic E-state index is 14.5. The van der Waals surface area contributed by atoms with Crippen LogP contribution in [0, 0.1) is 11.6 Å². The lowest BCUT2D eigenvalue weighted by Crippen LogP contribution is -2.34. The molecule has 2 heterocycles. The van der Waals surface area contributed by atoms with Crippen molar-refractivity contribution in [2.24, 2.45) is 5.73 Å². The Morgan fingerprint density at radius 2 is 1.86 bits per heavy atom. The first-order valence-electron chi connectivity index (χ1n) is 9.36. The highest BCUT2D eigenvalue weighted by Crippen LogP contribution is 2.38. The summed E-state index contributed by atoms with van der Waals surface area (Å²) in [7, 11) is 0. The fourth-order valence-electron chi connectivity index (χ4n) is 3.52. The molecule has 4 rings (SSSR count). The van der Waals surface area contributed by atoms with Gasteiger partial charge in [-0.3, -0.25) is 4.68 Å². The summed E-state index contributed by atoms with van der Waals surface area (Å²) in [6.45, 7) is 5.92. The Balaban J connectivity index is 1.84. The Bertz CT molecular complexity index is 1010. The molecular weight excluding hydrogens is 364 g/mol. The van der Waals surface area contributed by atoms with Crippen LogP contribution >= 0.6 is 0 Å². The van der Waals surface area contributed by atoms with Gasteiger partial charge in [0.2, 0.25) is 0 Å². The Kier molecular flexibility index (Phi) is 4.33. The molecule has 0 aliphatic heterocycles. The number of rotatable bonds is 3. The largest absolute Gasteiger partial charge is 0.334 e. The van der Waals surface area contributed by atoms with Crippen LogP contribution in [0.3, 0.4) is 0 Å². The van der Waals surface area contributed by atoms with E-state index in [2.05, 4.69) is 15.2 Å². The molecule has 2 aromatic heterocycles. The third-order valence-corrected chi connectivity index (χ3v) is 5.19. The Hall–Kier alpha value is -2.61. The van der Waals surface area contributed by atoms with Crippen LogP contribution in [0.2, 0.25) is 0 Å². The van der Waals surface area contributed by atoms with Crippen LogP contribution < -0.4 is 5.73 Å². The lowest BCUT2D eigenvalue weighted by molar-refractivity contribution is 0.356. The summed E-state index contributed by atoms with van der Waals surface area (Å²) in [5, 5.41) is 8.63. The maximum Gasteiger partial charge on any atom is 0.261 e. The first kappa shape index (κ1) is 18.7. The minimum absolute atomic E-state index is 0.169. The van der Waals surface area contributed by atoms with Gasteiger partial charge in [-0.05, 0) is 45.7 Å². The molecule has 8 heteroatoms. The Labute approximate surface area is 161 Å². The number of nitrogens with zero attached hydrogens (tertiary/aromatic N) is 4. The van der Waals surface area contributed by atoms with Gasteiger partial charge < -0.3 is 10.3 Å². The molecule has 28 heavy (non-hydrogen) atoms. The van der Waals surface area contributed by atoms with E-state index in [1.807, 2.05) is 20.8 Å². The molecule has 1 aromatic carbocycles. The maximum atomic E-state index is 14.5. The molecule has 0 amide bonds. The van der Waals surface area contributed by atoms with Crippen molar-refractivity contribution >= 4 is 0 Å². The number of hydrogen-bond donors (Lipinski definition) is 1. The summed E-state index contributed by atoms with van der Waals surface area (Å²) in [5.74, 6) is -0.675. The quantitative estimate of drug-likeness (QED) is 0.722. The lowest BCUT2D eigenvalue weighted by Gasteiger charge is -2.18. The van der Waals surface area contributed by atoms with Gasteiger partial charge in [0.15, 0.2) is 5.82 Å². The first-order valence-corrected chi connectivity index (χ1v) is 9.36. The van der Waals surface area contributed by atoms with Crippen molar-refractivity contribution in [2.75, 3.05) is 0 Å². The van der Waals surface area contributed by atoms with E-state index in [-0.39, 0.29) is 17.0 Å². The van der Waals surface area contributed by atoms with Crippen molar-refractivity contribution in [3.63, 3.8) is 0 Å². The van der Waals surface area contributed by atoms with E-state index in [0.717, 1.165) is 31.7 Å². The van der Waals surface area contributed by atoms with E-state index < -0.39 is 17.2 Å². The topological polar surface area (TPSA) is 82.8 Å². The van der Waals surface area contributed by atoms with Crippen molar-refractivity contribution in [1.82, 2.24) is 19.9 Å². The third kappa shape index (κ3) is 3.22. The molecule has 1 fully saturated rings. The van der Waals surface area contributed by atoms with Crippen molar-refractivity contribution in [3.05, 3.63) is 41.9 Å². The van der Waals surface area contributed by atoms with Gasteiger partial charge in [0.1, 0.15) is 17.3 Å². The van der Waals surface area contributed by atoms with Crippen molar-refractivity contribution in [3.8, 4) is 22.7 Å². The summed E-state index contributed by atoms with van der Waals surface area (Å²) in [4.78, 5) is 4.51. The second kappa shape index (κ2) is 6.48. The summed E-state index contributed by atoms with van der Waals surface area (Å²) in [5.41, 5.74) is 6.46. The predicted octanol–water partition coefficient (Wildman–Crippen LogP) is 4.36. The van der Waals surface area contributed by atoms with Crippen LogP contribution in [0.25, 0.3) is 22.7 Å². The van der Waals surface area contributed by atoms with E-state index in [1.165, 1.54) is 12.1 Å². The highest BCUT2D eigenvalue weighted by molar-refractivity contribution is 5.76. The molecule has 0 bridgehead atoms. The number of benzene rings is 1. The Morgan fingerprint density at radius 3 is 2.50 bits per heavy atom. The van der Waals surface area contributed by atoms with E-state index >= 15 is 0 Å². The van der Waals surface area contributed by atoms with Gasteiger partial charge in [0.05, 0.1) is 16.6 Å². The summed E-state index contributed by atoms with van der Waals surface area (Å²) in [6, 6.07) is 3.40. The zero-order valence-electron chi connectivity index (χ0n) is 16.2. The highest BCUT2D eigenvalue weighted by atomic mass is 19.1. The molecule has 1 aliphatic carbocycles. The van der Waals surface area contributed by atoms with Crippen LogP contribution in [0.15, 0.2) is 28.9 Å². The average molecular weight is 387 g/mol. The molecule has 3 aromatic rings. The van der Waals surface area contributed by atoms with E-state index in [4.69, 9.17) is 10.3 Å². The van der Waals surface area contributed by atoms with E-state index in [9.17, 15) is 8.78 Å². The molecular formula is C20H23F2N5O. The number of aromatic nitrogens is 4. The molecule has 0 radical (unpaired) electrons. The van der Waals surface area contributed by atoms with Crippen molar-refractivity contribution < 1.29 is 13.3 Å². The molecule has 1 aliphatic rings. The highest BCUT2D eigenvalue weighted by Gasteiger charge is 2.36. The van der Waals surface area contributed by atoms with E-state index in [0.29, 0.717) is 17.1 Å². The van der Waals surface area contributed by atoms with Crippen LogP contribution in [-0.2, 0) is 11.1 Å². The van der Waals surface area contributed by atoms with Gasteiger partial charge in [0.25, 0.3) is 5.89 Å². The van der Waals surface area contributed by atoms with Crippen LogP contribution in [0.5, 0.6) is 0 Å². The predicted molar refractivity (Wildman–Crippen MR) is 100 cm³/mol. The van der Waals surface area contributed by atoms with Gasteiger partial charge in [-0.25, -0.2) is 8.78 Å². The zero-order valence-corrected chi connectivity index (χ0v) is 16.2. The molecule has 148 valence electrons. The molecule has 0 saturated heterocycles. The summed E-state index contributed by atoms with van der Waals surface area (Å²) >= 11 is 0. The van der Waals surface area contributed by atoms with Crippen LogP contribution in [-0.4, -0.2) is 19.9 Å². The normalized spacial score (nSPS) is 16.6. The number of hydrogen-bond acceptors (Lipinski definition) is 5. The number of halogens is 2. The first-order chi connectivity index (χ1) is 13.2. The zero-order chi connectivity index (χ0) is 20.1. The van der Waals surface area contributed by atoms with Gasteiger partial charge in [-0.15, -0.1) is 0 Å². The second-order valence-corrected chi connectivity index (χ2v) is 8.42. The summed E-state index contributed by atoms with van der Waals surface area (Å²) in [6.07, 6.45) is 5.38. The lowest BCUT2D eigenvalue weighted by atomic mass is 9.98. The fraction of sp³-hybridized carbons (Fsp3) is 0.450. The molecule has 1 saturated carbocycles. The minimum Gasteiger partial charge on any atom is -0.334 e. The SMILES string of the molecule is CC(C)(C)n1cc(-c2nc(C3(N)CCCC3)no2)c(-c2ccc(F)cc2F)n1. The number of nitrogens with two attached hydrogens (primary N) is 1. The molecule has 6 nitrogen and oxygen atoms in total. The molecule has 0 unspecified atom stereocenters. The van der Waals surface area contributed by atoms with Crippen LogP contribution in [0.1, 0.15) is 52.3 Å². The van der Waals surface area contributed by atoms with Crippen LogP contribution in [0.4, 0.5) is 8.78 Å². The smallest absolute Gasteiger partial charge is 0.261 e. The van der Waals surface area contributed by atoms with Gasteiger partial charge in [-0.2, -0.15) is 10.1 Å². The molecule has 0 spiro atoms. The fourth-order valence-corrected chi connectivity index (χ4v) is 3.52. The van der Waals surface area contributed by atoms with Gasteiger partial charge in [-0.1, -0.05) is 18.0 Å². The van der Waals surface area contributed by atoms with Gasteiger partial charge in [0, 0.05) is 17.8 Å². The standard InChI is InChI=1S/C20H23F2N5O/c1-19(2,3)27-11-14(16(25-27)13-7-6-12(21)10-15(13)22)17-24-18(26-28-17)20(23)8-4-5-9-20/h6-7,10-11H,4-5,8-9,23H2,1-3H3. The average Bonchev–Trinajstić information content (AvgIpc) is 3.32. The molecule has 0 atom stereocenters. The molecule has 2 N–H and O–H groups in total. The second-order valence-electron chi connectivity index (χ2n) is 8.42. The van der Waals surface area contributed by atoms with E-state index in [1.54, 1.807) is 10.9 Å². The Morgan fingerprint density at radius 1 is 1.14 bits per heavy atom. The monoisotopic (exact) mass is 387 g/mol. The third-order valence-electron chi connectivity index (χ3n) is 5.19.